The van der Waals surface area contributed by atoms with Crippen LogP contribution < -0.4 is 5.73 Å². The number of nitrogen functional groups attached to an aromatic ring is 1. The number of benzene rings is 1. The van der Waals surface area contributed by atoms with Crippen molar-refractivity contribution in [2.45, 2.75) is 57.0 Å². The minimum atomic E-state index is 0.254. The molecule has 0 bridgehead atoms. The second kappa shape index (κ2) is 6.53. The predicted molar refractivity (Wildman–Crippen MR) is 85.9 cm³/mol. The van der Waals surface area contributed by atoms with Crippen molar-refractivity contribution in [1.29, 1.82) is 0 Å². The third-order valence-corrected chi connectivity index (χ3v) is 5.06. The lowest BCUT2D eigenvalue weighted by Gasteiger charge is -2.39. The molecule has 2 atom stereocenters. The maximum absolute atomic E-state index is 12.4. The molecule has 0 aromatic heterocycles. The number of nitrogens with zero attached hydrogens (tertiary/aromatic N) is 1. The molecule has 1 saturated heterocycles. The van der Waals surface area contributed by atoms with Gasteiger partial charge in [-0.3, -0.25) is 4.79 Å². The van der Waals surface area contributed by atoms with Crippen LogP contribution >= 0.6 is 11.8 Å². The Morgan fingerprint density at radius 2 is 2.00 bits per heavy atom. The SMILES string of the molecule is Cc1cc(SCC(=O)N2C(C)CCCC2C)ccc1N. The fraction of sp³-hybridized carbons (Fsp3) is 0.562. The number of anilines is 1. The van der Waals surface area contributed by atoms with E-state index in [1.165, 1.54) is 6.42 Å². The number of nitrogens with two attached hydrogens (primary N) is 1. The van der Waals surface area contributed by atoms with Gasteiger partial charge >= 0.3 is 0 Å². The Bertz CT molecular complexity index is 479. The molecule has 0 aliphatic carbocycles. The molecule has 1 fully saturated rings. The molecule has 1 aromatic rings. The molecule has 1 aliphatic heterocycles. The van der Waals surface area contributed by atoms with E-state index in [9.17, 15) is 4.79 Å². The number of hydrogen-bond acceptors (Lipinski definition) is 3. The number of rotatable bonds is 3. The molecule has 1 aromatic carbocycles. The number of aryl methyl sites for hydroxylation is 1. The number of carbonyl (C=O) groups is 1. The smallest absolute Gasteiger partial charge is 0.233 e. The first kappa shape index (κ1) is 15.2. The van der Waals surface area contributed by atoms with Gasteiger partial charge in [0, 0.05) is 22.7 Å². The molecule has 1 amide bonds. The Kier molecular flexibility index (Phi) is 4.97. The van der Waals surface area contributed by atoms with Crippen LogP contribution in [0, 0.1) is 6.92 Å². The number of thioether (sulfide) groups is 1. The van der Waals surface area contributed by atoms with Crippen LogP contribution in [-0.4, -0.2) is 28.6 Å². The topological polar surface area (TPSA) is 46.3 Å². The minimum absolute atomic E-state index is 0.254. The van der Waals surface area contributed by atoms with Crippen LogP contribution in [0.4, 0.5) is 5.69 Å². The Balaban J connectivity index is 1.95. The Morgan fingerprint density at radius 1 is 1.35 bits per heavy atom. The third kappa shape index (κ3) is 3.48. The third-order valence-electron chi connectivity index (χ3n) is 4.09. The van der Waals surface area contributed by atoms with E-state index in [-0.39, 0.29) is 5.91 Å². The molecule has 110 valence electrons. The van der Waals surface area contributed by atoms with Gasteiger partial charge in [0.15, 0.2) is 0 Å². The van der Waals surface area contributed by atoms with E-state index in [0.717, 1.165) is 29.0 Å². The van der Waals surface area contributed by atoms with Crippen LogP contribution in [0.15, 0.2) is 23.1 Å². The summed E-state index contributed by atoms with van der Waals surface area (Å²) in [6, 6.07) is 6.70. The van der Waals surface area contributed by atoms with Crippen LogP contribution in [-0.2, 0) is 4.79 Å². The molecule has 1 aliphatic rings. The molecular weight excluding hydrogens is 268 g/mol. The van der Waals surface area contributed by atoms with E-state index in [1.54, 1.807) is 11.8 Å². The van der Waals surface area contributed by atoms with Crippen LogP contribution in [0.5, 0.6) is 0 Å². The highest BCUT2D eigenvalue weighted by molar-refractivity contribution is 8.00. The van der Waals surface area contributed by atoms with Crippen molar-refractivity contribution in [3.8, 4) is 0 Å². The van der Waals surface area contributed by atoms with Gasteiger partial charge in [-0.15, -0.1) is 11.8 Å². The Hall–Kier alpha value is -1.16. The van der Waals surface area contributed by atoms with Crippen molar-refractivity contribution in [3.05, 3.63) is 23.8 Å². The Labute approximate surface area is 125 Å². The van der Waals surface area contributed by atoms with E-state index in [0.29, 0.717) is 17.8 Å². The monoisotopic (exact) mass is 292 g/mol. The maximum atomic E-state index is 12.4. The summed E-state index contributed by atoms with van der Waals surface area (Å²) in [6.45, 7) is 6.31. The zero-order chi connectivity index (χ0) is 14.7. The molecule has 0 saturated carbocycles. The zero-order valence-electron chi connectivity index (χ0n) is 12.6. The fourth-order valence-electron chi connectivity index (χ4n) is 2.87. The molecule has 2 N–H and O–H groups in total. The van der Waals surface area contributed by atoms with Gasteiger partial charge in [0.05, 0.1) is 5.75 Å². The molecule has 1 heterocycles. The molecule has 0 spiro atoms. The van der Waals surface area contributed by atoms with Crippen molar-refractivity contribution in [1.82, 2.24) is 4.90 Å². The van der Waals surface area contributed by atoms with Gasteiger partial charge in [0.2, 0.25) is 5.91 Å². The highest BCUT2D eigenvalue weighted by atomic mass is 32.2. The predicted octanol–water partition coefficient (Wildman–Crippen LogP) is 3.46. The highest BCUT2D eigenvalue weighted by Crippen LogP contribution is 2.26. The standard InChI is InChI=1S/C16H24N2OS/c1-11-9-14(7-8-15(11)17)20-10-16(19)18-12(2)5-4-6-13(18)3/h7-9,12-13H,4-6,10,17H2,1-3H3. The number of likely N-dealkylation sites (tertiary alicyclic amines) is 1. The number of amides is 1. The minimum Gasteiger partial charge on any atom is -0.399 e. The Morgan fingerprint density at radius 3 is 2.60 bits per heavy atom. The lowest BCUT2D eigenvalue weighted by atomic mass is 9.98. The summed E-state index contributed by atoms with van der Waals surface area (Å²) in [5.41, 5.74) is 7.69. The fourth-order valence-corrected chi connectivity index (χ4v) is 3.73. The number of hydrogen-bond donors (Lipinski definition) is 1. The molecule has 2 unspecified atom stereocenters. The summed E-state index contributed by atoms with van der Waals surface area (Å²) in [5, 5.41) is 0. The number of piperidine rings is 1. The summed E-state index contributed by atoms with van der Waals surface area (Å²) in [5.74, 6) is 0.766. The van der Waals surface area contributed by atoms with Gasteiger partial charge in [0.25, 0.3) is 0 Å². The second-order valence-electron chi connectivity index (χ2n) is 5.74. The first-order valence-electron chi connectivity index (χ1n) is 7.29. The van der Waals surface area contributed by atoms with Crippen molar-refractivity contribution in [3.63, 3.8) is 0 Å². The van der Waals surface area contributed by atoms with Gasteiger partial charge < -0.3 is 10.6 Å². The van der Waals surface area contributed by atoms with Crippen LogP contribution in [0.2, 0.25) is 0 Å². The molecule has 3 nitrogen and oxygen atoms in total. The van der Waals surface area contributed by atoms with Gasteiger partial charge in [-0.1, -0.05) is 0 Å². The van der Waals surface area contributed by atoms with Crippen LogP contribution in [0.25, 0.3) is 0 Å². The largest absolute Gasteiger partial charge is 0.399 e. The van der Waals surface area contributed by atoms with E-state index < -0.39 is 0 Å². The summed E-state index contributed by atoms with van der Waals surface area (Å²) < 4.78 is 0. The molecule has 4 heteroatoms. The normalized spacial score (nSPS) is 22.9. The summed E-state index contributed by atoms with van der Waals surface area (Å²) in [6.07, 6.45) is 3.49. The molecular formula is C16H24N2OS. The van der Waals surface area contributed by atoms with Crippen molar-refractivity contribution < 1.29 is 4.79 Å². The summed E-state index contributed by atoms with van der Waals surface area (Å²) >= 11 is 1.60. The molecule has 0 radical (unpaired) electrons. The average Bonchev–Trinajstić information content (AvgIpc) is 2.40. The van der Waals surface area contributed by atoms with Gasteiger partial charge in [-0.25, -0.2) is 0 Å². The van der Waals surface area contributed by atoms with Crippen LogP contribution in [0.3, 0.4) is 0 Å². The van der Waals surface area contributed by atoms with Gasteiger partial charge in [0.1, 0.15) is 0 Å². The molecule has 20 heavy (non-hydrogen) atoms. The summed E-state index contributed by atoms with van der Waals surface area (Å²) in [7, 11) is 0. The van der Waals surface area contributed by atoms with E-state index in [1.807, 2.05) is 19.1 Å². The first-order valence-corrected chi connectivity index (χ1v) is 8.27. The quantitative estimate of drug-likeness (QED) is 0.685. The molecule has 2 rings (SSSR count). The van der Waals surface area contributed by atoms with Crippen molar-refractivity contribution in [2.75, 3.05) is 11.5 Å². The lowest BCUT2D eigenvalue weighted by molar-refractivity contribution is -0.134. The van der Waals surface area contributed by atoms with Crippen LogP contribution in [0.1, 0.15) is 38.7 Å². The maximum Gasteiger partial charge on any atom is 0.233 e. The first-order chi connectivity index (χ1) is 9.49. The summed E-state index contributed by atoms with van der Waals surface area (Å²) in [4.78, 5) is 15.6. The van der Waals surface area contributed by atoms with Gasteiger partial charge in [-0.05, 0) is 63.8 Å². The van der Waals surface area contributed by atoms with Crippen molar-refractivity contribution >= 4 is 23.4 Å². The zero-order valence-corrected chi connectivity index (χ0v) is 13.4. The van der Waals surface area contributed by atoms with Gasteiger partial charge in [-0.2, -0.15) is 0 Å². The average molecular weight is 292 g/mol. The van der Waals surface area contributed by atoms with E-state index >= 15 is 0 Å². The number of carbonyl (C=O) groups excluding carboxylic acids is 1. The second-order valence-corrected chi connectivity index (χ2v) is 6.79. The van der Waals surface area contributed by atoms with E-state index in [4.69, 9.17) is 5.73 Å². The van der Waals surface area contributed by atoms with Crippen molar-refractivity contribution in [2.24, 2.45) is 0 Å². The lowest BCUT2D eigenvalue weighted by Crippen LogP contribution is -2.48. The highest BCUT2D eigenvalue weighted by Gasteiger charge is 2.28. The van der Waals surface area contributed by atoms with E-state index in [2.05, 4.69) is 24.8 Å².